The van der Waals surface area contributed by atoms with Crippen LogP contribution in [-0.2, 0) is 14.3 Å². The highest BCUT2D eigenvalue weighted by atomic mass is 19.1. The lowest BCUT2D eigenvalue weighted by atomic mass is 10.1. The van der Waals surface area contributed by atoms with Gasteiger partial charge in [-0.05, 0) is 31.9 Å². The van der Waals surface area contributed by atoms with Gasteiger partial charge in [-0.2, -0.15) is 0 Å². The highest BCUT2D eigenvalue weighted by Crippen LogP contribution is 2.13. The number of halogens is 1. The molecular formula is C17H23FO4. The Balaban J connectivity index is 2.24. The SMILES string of the molecule is CCCCCC(C)OC(=O)CCC(=O)Oc1cccc(F)c1. The van der Waals surface area contributed by atoms with Crippen LogP contribution in [0.15, 0.2) is 24.3 Å². The van der Waals surface area contributed by atoms with Gasteiger partial charge in [-0.1, -0.05) is 25.8 Å². The van der Waals surface area contributed by atoms with Gasteiger partial charge in [0.1, 0.15) is 11.6 Å². The van der Waals surface area contributed by atoms with Crippen LogP contribution in [0, 0.1) is 5.82 Å². The van der Waals surface area contributed by atoms with Crippen molar-refractivity contribution in [3.05, 3.63) is 30.1 Å². The third-order valence-electron chi connectivity index (χ3n) is 3.11. The molecule has 1 rings (SSSR count). The van der Waals surface area contributed by atoms with E-state index in [1.807, 2.05) is 6.92 Å². The second kappa shape index (κ2) is 9.92. The van der Waals surface area contributed by atoms with Gasteiger partial charge in [-0.3, -0.25) is 9.59 Å². The van der Waals surface area contributed by atoms with Crippen molar-refractivity contribution in [3.8, 4) is 5.75 Å². The van der Waals surface area contributed by atoms with Gasteiger partial charge in [0, 0.05) is 6.07 Å². The molecule has 0 heterocycles. The molecule has 0 fully saturated rings. The normalized spacial score (nSPS) is 11.8. The van der Waals surface area contributed by atoms with Gasteiger partial charge < -0.3 is 9.47 Å². The van der Waals surface area contributed by atoms with Crippen LogP contribution in [0.5, 0.6) is 5.75 Å². The van der Waals surface area contributed by atoms with Crippen molar-refractivity contribution in [2.45, 2.75) is 58.5 Å². The van der Waals surface area contributed by atoms with E-state index in [0.717, 1.165) is 31.7 Å². The molecule has 22 heavy (non-hydrogen) atoms. The van der Waals surface area contributed by atoms with E-state index < -0.39 is 17.8 Å². The number of carbonyl (C=O) groups is 2. The smallest absolute Gasteiger partial charge is 0.311 e. The summed E-state index contributed by atoms with van der Waals surface area (Å²) in [5.74, 6) is -1.35. The molecule has 4 nitrogen and oxygen atoms in total. The minimum Gasteiger partial charge on any atom is -0.463 e. The first-order chi connectivity index (χ1) is 10.5. The molecule has 0 radical (unpaired) electrons. The maximum atomic E-state index is 12.9. The molecule has 0 aliphatic rings. The number of ether oxygens (including phenoxy) is 2. The molecule has 5 heteroatoms. The average molecular weight is 310 g/mol. The molecule has 0 amide bonds. The molecule has 0 bridgehead atoms. The molecule has 0 aromatic heterocycles. The van der Waals surface area contributed by atoms with E-state index >= 15 is 0 Å². The van der Waals surface area contributed by atoms with Crippen LogP contribution in [0.2, 0.25) is 0 Å². The molecule has 0 saturated heterocycles. The van der Waals surface area contributed by atoms with Gasteiger partial charge in [-0.25, -0.2) is 4.39 Å². The zero-order chi connectivity index (χ0) is 16.4. The Labute approximate surface area is 130 Å². The van der Waals surface area contributed by atoms with Crippen molar-refractivity contribution in [2.24, 2.45) is 0 Å². The third-order valence-corrected chi connectivity index (χ3v) is 3.11. The summed E-state index contributed by atoms with van der Waals surface area (Å²) >= 11 is 0. The Morgan fingerprint density at radius 2 is 1.91 bits per heavy atom. The second-order valence-corrected chi connectivity index (χ2v) is 5.23. The lowest BCUT2D eigenvalue weighted by Crippen LogP contribution is -2.17. The summed E-state index contributed by atoms with van der Waals surface area (Å²) < 4.78 is 23.1. The molecule has 0 aliphatic heterocycles. The number of unbranched alkanes of at least 4 members (excludes halogenated alkanes) is 2. The van der Waals surface area contributed by atoms with Crippen molar-refractivity contribution in [1.82, 2.24) is 0 Å². The minimum absolute atomic E-state index is 0.0354. The molecular weight excluding hydrogens is 287 g/mol. The molecule has 0 aliphatic carbocycles. The van der Waals surface area contributed by atoms with Crippen molar-refractivity contribution in [3.63, 3.8) is 0 Å². The quantitative estimate of drug-likeness (QED) is 0.393. The highest BCUT2D eigenvalue weighted by molar-refractivity contribution is 5.79. The first kappa shape index (κ1) is 18.1. The van der Waals surface area contributed by atoms with E-state index in [-0.39, 0.29) is 24.7 Å². The Bertz CT molecular complexity index is 487. The topological polar surface area (TPSA) is 52.6 Å². The van der Waals surface area contributed by atoms with Crippen molar-refractivity contribution in [1.29, 1.82) is 0 Å². The first-order valence-corrected chi connectivity index (χ1v) is 7.67. The fraction of sp³-hybridized carbons (Fsp3) is 0.529. The van der Waals surface area contributed by atoms with Crippen LogP contribution >= 0.6 is 0 Å². The van der Waals surface area contributed by atoms with Gasteiger partial charge in [0.25, 0.3) is 0 Å². The maximum Gasteiger partial charge on any atom is 0.311 e. The zero-order valence-corrected chi connectivity index (χ0v) is 13.1. The number of hydrogen-bond donors (Lipinski definition) is 0. The molecule has 1 aromatic carbocycles. The van der Waals surface area contributed by atoms with Crippen LogP contribution in [0.1, 0.15) is 52.4 Å². The molecule has 1 aromatic rings. The fourth-order valence-electron chi connectivity index (χ4n) is 1.94. The van der Waals surface area contributed by atoms with E-state index in [0.29, 0.717) is 0 Å². The average Bonchev–Trinajstić information content (AvgIpc) is 2.45. The highest BCUT2D eigenvalue weighted by Gasteiger charge is 2.13. The summed E-state index contributed by atoms with van der Waals surface area (Å²) in [5.41, 5.74) is 0. The Morgan fingerprint density at radius 1 is 1.18 bits per heavy atom. The standard InChI is InChI=1S/C17H23FO4/c1-3-4-5-7-13(2)21-16(19)10-11-17(20)22-15-9-6-8-14(18)12-15/h6,8-9,12-13H,3-5,7,10-11H2,1-2H3. The second-order valence-electron chi connectivity index (χ2n) is 5.23. The summed E-state index contributed by atoms with van der Waals surface area (Å²) in [6.07, 6.45) is 3.82. The lowest BCUT2D eigenvalue weighted by Gasteiger charge is -2.12. The van der Waals surface area contributed by atoms with Crippen molar-refractivity contribution < 1.29 is 23.5 Å². The van der Waals surface area contributed by atoms with Gasteiger partial charge in [0.2, 0.25) is 0 Å². The summed E-state index contributed by atoms with van der Waals surface area (Å²) in [5, 5.41) is 0. The molecule has 122 valence electrons. The van der Waals surface area contributed by atoms with Crippen molar-refractivity contribution >= 4 is 11.9 Å². The van der Waals surface area contributed by atoms with E-state index in [4.69, 9.17) is 9.47 Å². The summed E-state index contributed by atoms with van der Waals surface area (Å²) in [6.45, 7) is 3.96. The van der Waals surface area contributed by atoms with Crippen LogP contribution in [-0.4, -0.2) is 18.0 Å². The number of esters is 2. The number of rotatable bonds is 9. The Morgan fingerprint density at radius 3 is 2.59 bits per heavy atom. The Kier molecular flexibility index (Phi) is 8.18. The lowest BCUT2D eigenvalue weighted by molar-refractivity contribution is -0.151. The third kappa shape index (κ3) is 7.76. The predicted molar refractivity (Wildman–Crippen MR) is 81.0 cm³/mol. The molecule has 0 saturated carbocycles. The molecule has 0 N–H and O–H groups in total. The van der Waals surface area contributed by atoms with Crippen molar-refractivity contribution in [2.75, 3.05) is 0 Å². The maximum absolute atomic E-state index is 12.9. The van der Waals surface area contributed by atoms with Crippen LogP contribution in [0.25, 0.3) is 0 Å². The van der Waals surface area contributed by atoms with Crippen LogP contribution in [0.3, 0.4) is 0 Å². The van der Waals surface area contributed by atoms with E-state index in [1.165, 1.54) is 18.2 Å². The van der Waals surface area contributed by atoms with Gasteiger partial charge >= 0.3 is 11.9 Å². The molecule has 0 spiro atoms. The van der Waals surface area contributed by atoms with E-state index in [1.54, 1.807) is 0 Å². The molecule has 1 unspecified atom stereocenters. The minimum atomic E-state index is -0.582. The van der Waals surface area contributed by atoms with Crippen LogP contribution < -0.4 is 4.74 Å². The Hall–Kier alpha value is -1.91. The van der Waals surface area contributed by atoms with E-state index in [2.05, 4.69) is 6.92 Å². The van der Waals surface area contributed by atoms with Gasteiger partial charge in [0.05, 0.1) is 18.9 Å². The van der Waals surface area contributed by atoms with Gasteiger partial charge in [-0.15, -0.1) is 0 Å². The summed E-state index contributed by atoms with van der Waals surface area (Å²) in [4.78, 5) is 23.2. The summed E-state index contributed by atoms with van der Waals surface area (Å²) in [7, 11) is 0. The van der Waals surface area contributed by atoms with Gasteiger partial charge in [0.15, 0.2) is 0 Å². The van der Waals surface area contributed by atoms with Crippen LogP contribution in [0.4, 0.5) is 4.39 Å². The monoisotopic (exact) mass is 310 g/mol. The summed E-state index contributed by atoms with van der Waals surface area (Å²) in [6, 6.07) is 5.31. The largest absolute Gasteiger partial charge is 0.463 e. The predicted octanol–water partition coefficient (Wildman–Crippen LogP) is 4.02. The fourth-order valence-corrected chi connectivity index (χ4v) is 1.94. The number of benzene rings is 1. The molecule has 1 atom stereocenters. The zero-order valence-electron chi connectivity index (χ0n) is 13.1. The number of hydrogen-bond acceptors (Lipinski definition) is 4. The number of carbonyl (C=O) groups excluding carboxylic acids is 2. The van der Waals surface area contributed by atoms with E-state index in [9.17, 15) is 14.0 Å². The first-order valence-electron chi connectivity index (χ1n) is 7.67.